The first kappa shape index (κ1) is 8.17. The smallest absolute Gasteiger partial charge is 0.0524 e. The summed E-state index contributed by atoms with van der Waals surface area (Å²) in [5.74, 6) is 2.02. The SMILES string of the molecule is CC(c1cnn(C)c1)C1CCS1. The zero-order valence-electron chi connectivity index (χ0n) is 7.53. The molecule has 2 heterocycles. The summed E-state index contributed by atoms with van der Waals surface area (Å²) in [6.07, 6.45) is 5.49. The Morgan fingerprint density at radius 1 is 1.75 bits per heavy atom. The molecule has 0 N–H and O–H groups in total. The third-order valence-electron chi connectivity index (χ3n) is 2.54. The Labute approximate surface area is 77.3 Å². The van der Waals surface area contributed by atoms with Crippen LogP contribution in [-0.4, -0.2) is 20.8 Å². The van der Waals surface area contributed by atoms with Crippen molar-refractivity contribution in [2.75, 3.05) is 5.75 Å². The topological polar surface area (TPSA) is 17.8 Å². The van der Waals surface area contributed by atoms with Crippen molar-refractivity contribution < 1.29 is 0 Å². The van der Waals surface area contributed by atoms with Gasteiger partial charge in [0.2, 0.25) is 0 Å². The second-order valence-corrected chi connectivity index (χ2v) is 4.78. The predicted octanol–water partition coefficient (Wildman–Crippen LogP) is 2.03. The lowest BCUT2D eigenvalue weighted by Crippen LogP contribution is -2.21. The van der Waals surface area contributed by atoms with Gasteiger partial charge in [-0.15, -0.1) is 0 Å². The zero-order valence-corrected chi connectivity index (χ0v) is 8.34. The maximum absolute atomic E-state index is 4.19. The Balaban J connectivity index is 2.08. The number of aromatic nitrogens is 2. The molecular weight excluding hydrogens is 168 g/mol. The van der Waals surface area contributed by atoms with E-state index in [-0.39, 0.29) is 0 Å². The Morgan fingerprint density at radius 3 is 2.92 bits per heavy atom. The van der Waals surface area contributed by atoms with E-state index in [0.29, 0.717) is 5.92 Å². The normalized spacial score (nSPS) is 25.0. The monoisotopic (exact) mass is 182 g/mol. The molecule has 0 bridgehead atoms. The fourth-order valence-electron chi connectivity index (χ4n) is 1.54. The van der Waals surface area contributed by atoms with Crippen LogP contribution in [0.25, 0.3) is 0 Å². The van der Waals surface area contributed by atoms with E-state index in [2.05, 4.69) is 30.0 Å². The van der Waals surface area contributed by atoms with Crippen molar-refractivity contribution in [2.45, 2.75) is 24.5 Å². The fraction of sp³-hybridized carbons (Fsp3) is 0.667. The van der Waals surface area contributed by atoms with Crippen molar-refractivity contribution >= 4 is 11.8 Å². The molecule has 1 aliphatic heterocycles. The molecule has 3 heteroatoms. The molecular formula is C9H14N2S. The van der Waals surface area contributed by atoms with Crippen molar-refractivity contribution in [2.24, 2.45) is 7.05 Å². The summed E-state index contributed by atoms with van der Waals surface area (Å²) < 4.78 is 1.88. The van der Waals surface area contributed by atoms with E-state index in [1.165, 1.54) is 17.7 Å². The Hall–Kier alpha value is -0.440. The molecule has 0 amide bonds. The van der Waals surface area contributed by atoms with E-state index in [1.807, 2.05) is 17.9 Å². The first-order valence-electron chi connectivity index (χ1n) is 4.37. The number of nitrogens with zero attached hydrogens (tertiary/aromatic N) is 2. The van der Waals surface area contributed by atoms with Crippen LogP contribution in [0.5, 0.6) is 0 Å². The van der Waals surface area contributed by atoms with E-state index >= 15 is 0 Å². The third kappa shape index (κ3) is 1.38. The van der Waals surface area contributed by atoms with Crippen molar-refractivity contribution in [3.05, 3.63) is 18.0 Å². The van der Waals surface area contributed by atoms with Gasteiger partial charge in [0.25, 0.3) is 0 Å². The Morgan fingerprint density at radius 2 is 2.50 bits per heavy atom. The van der Waals surface area contributed by atoms with E-state index in [1.54, 1.807) is 0 Å². The molecule has 0 radical (unpaired) electrons. The maximum Gasteiger partial charge on any atom is 0.0524 e. The highest BCUT2D eigenvalue weighted by atomic mass is 32.2. The largest absolute Gasteiger partial charge is 0.276 e. The molecule has 1 aromatic heterocycles. The fourth-order valence-corrected chi connectivity index (χ4v) is 2.49. The van der Waals surface area contributed by atoms with Crippen LogP contribution in [0.3, 0.4) is 0 Å². The van der Waals surface area contributed by atoms with Crippen LogP contribution in [0.4, 0.5) is 0 Å². The van der Waals surface area contributed by atoms with Crippen molar-refractivity contribution in [1.82, 2.24) is 9.78 Å². The minimum Gasteiger partial charge on any atom is -0.276 e. The standard InChI is InChI=1S/C9H14N2S/c1-7(9-3-4-12-9)8-5-10-11(2)6-8/h5-7,9H,3-4H2,1-2H3. The number of hydrogen-bond acceptors (Lipinski definition) is 2. The molecule has 2 rings (SSSR count). The van der Waals surface area contributed by atoms with Gasteiger partial charge in [-0.25, -0.2) is 0 Å². The van der Waals surface area contributed by atoms with Gasteiger partial charge in [0, 0.05) is 18.5 Å². The van der Waals surface area contributed by atoms with E-state index < -0.39 is 0 Å². The van der Waals surface area contributed by atoms with Gasteiger partial charge in [-0.1, -0.05) is 6.92 Å². The van der Waals surface area contributed by atoms with Gasteiger partial charge >= 0.3 is 0 Å². The summed E-state index contributed by atoms with van der Waals surface area (Å²) in [6.45, 7) is 2.30. The Kier molecular flexibility index (Phi) is 2.13. The average Bonchev–Trinajstić information content (AvgIpc) is 2.31. The summed E-state index contributed by atoms with van der Waals surface area (Å²) >= 11 is 2.08. The maximum atomic E-state index is 4.19. The number of aryl methyl sites for hydroxylation is 1. The van der Waals surface area contributed by atoms with Gasteiger partial charge < -0.3 is 0 Å². The van der Waals surface area contributed by atoms with Gasteiger partial charge in [-0.2, -0.15) is 16.9 Å². The number of hydrogen-bond donors (Lipinski definition) is 0. The Bertz CT molecular complexity index is 265. The first-order valence-corrected chi connectivity index (χ1v) is 5.42. The van der Waals surface area contributed by atoms with Gasteiger partial charge in [0.1, 0.15) is 0 Å². The van der Waals surface area contributed by atoms with Crippen molar-refractivity contribution in [3.8, 4) is 0 Å². The molecule has 2 unspecified atom stereocenters. The molecule has 0 saturated carbocycles. The summed E-state index contributed by atoms with van der Waals surface area (Å²) in [5, 5.41) is 5.03. The second kappa shape index (κ2) is 3.13. The van der Waals surface area contributed by atoms with Gasteiger partial charge in [-0.05, 0) is 23.7 Å². The lowest BCUT2D eigenvalue weighted by Gasteiger charge is -2.30. The van der Waals surface area contributed by atoms with Crippen LogP contribution >= 0.6 is 11.8 Å². The molecule has 66 valence electrons. The van der Waals surface area contributed by atoms with E-state index in [0.717, 1.165) is 5.25 Å². The molecule has 1 fully saturated rings. The summed E-state index contributed by atoms with van der Waals surface area (Å²) in [6, 6.07) is 0. The zero-order chi connectivity index (χ0) is 8.55. The van der Waals surface area contributed by atoms with E-state index in [9.17, 15) is 0 Å². The van der Waals surface area contributed by atoms with Crippen LogP contribution in [-0.2, 0) is 7.05 Å². The molecule has 2 nitrogen and oxygen atoms in total. The molecule has 1 saturated heterocycles. The highest BCUT2D eigenvalue weighted by molar-refractivity contribution is 8.01. The number of rotatable bonds is 2. The highest BCUT2D eigenvalue weighted by Gasteiger charge is 2.26. The minimum atomic E-state index is 0.678. The molecule has 0 aliphatic carbocycles. The molecule has 0 spiro atoms. The van der Waals surface area contributed by atoms with Gasteiger partial charge in [0.15, 0.2) is 0 Å². The predicted molar refractivity (Wildman–Crippen MR) is 52.5 cm³/mol. The van der Waals surface area contributed by atoms with Crippen molar-refractivity contribution in [1.29, 1.82) is 0 Å². The van der Waals surface area contributed by atoms with Crippen LogP contribution in [0.15, 0.2) is 12.4 Å². The minimum absolute atomic E-state index is 0.678. The van der Waals surface area contributed by atoms with Crippen LogP contribution in [0, 0.1) is 0 Å². The second-order valence-electron chi connectivity index (χ2n) is 3.43. The molecule has 1 aromatic rings. The van der Waals surface area contributed by atoms with Gasteiger partial charge in [0.05, 0.1) is 6.20 Å². The average molecular weight is 182 g/mol. The summed E-state index contributed by atoms with van der Waals surface area (Å²) in [7, 11) is 1.98. The lowest BCUT2D eigenvalue weighted by molar-refractivity contribution is 0.656. The third-order valence-corrected chi connectivity index (χ3v) is 4.09. The summed E-state index contributed by atoms with van der Waals surface area (Å²) in [4.78, 5) is 0. The molecule has 2 atom stereocenters. The quantitative estimate of drug-likeness (QED) is 0.696. The van der Waals surface area contributed by atoms with Gasteiger partial charge in [-0.3, -0.25) is 4.68 Å². The van der Waals surface area contributed by atoms with E-state index in [4.69, 9.17) is 0 Å². The molecule has 12 heavy (non-hydrogen) atoms. The van der Waals surface area contributed by atoms with Crippen molar-refractivity contribution in [3.63, 3.8) is 0 Å². The van der Waals surface area contributed by atoms with Crippen LogP contribution in [0.1, 0.15) is 24.8 Å². The summed E-state index contributed by atoms with van der Waals surface area (Å²) in [5.41, 5.74) is 1.38. The highest BCUT2D eigenvalue weighted by Crippen LogP contribution is 2.38. The van der Waals surface area contributed by atoms with Crippen LogP contribution < -0.4 is 0 Å². The lowest BCUT2D eigenvalue weighted by atomic mass is 9.99. The first-order chi connectivity index (χ1) is 5.77. The number of thioether (sulfide) groups is 1. The molecule has 0 aromatic carbocycles. The van der Waals surface area contributed by atoms with Crippen LogP contribution in [0.2, 0.25) is 0 Å². The molecule has 1 aliphatic rings.